The molecular weight excluding hydrogens is 364 g/mol. The second-order valence-corrected chi connectivity index (χ2v) is 6.32. The smallest absolute Gasteiger partial charge is 0.275 e. The summed E-state index contributed by atoms with van der Waals surface area (Å²) < 4.78 is 0.974. The summed E-state index contributed by atoms with van der Waals surface area (Å²) in [6, 6.07) is 5.68. The number of aromatic nitrogens is 3. The molecule has 7 heteroatoms. The third-order valence-corrected chi connectivity index (χ3v) is 4.31. The zero-order chi connectivity index (χ0) is 15.5. The minimum absolute atomic E-state index is 0.239. The minimum atomic E-state index is -0.239. The van der Waals surface area contributed by atoms with Crippen molar-refractivity contribution in [1.29, 1.82) is 0 Å². The first kappa shape index (κ1) is 14.8. The van der Waals surface area contributed by atoms with Crippen molar-refractivity contribution >= 4 is 38.9 Å². The van der Waals surface area contributed by atoms with Gasteiger partial charge >= 0.3 is 0 Å². The van der Waals surface area contributed by atoms with Gasteiger partial charge in [0.25, 0.3) is 5.91 Å². The van der Waals surface area contributed by atoms with Crippen LogP contribution in [0.1, 0.15) is 16.1 Å². The molecule has 5 nitrogen and oxygen atoms in total. The summed E-state index contributed by atoms with van der Waals surface area (Å²) >= 11 is 4.77. The molecule has 110 valence electrons. The fourth-order valence-corrected chi connectivity index (χ4v) is 3.09. The lowest BCUT2D eigenvalue weighted by molar-refractivity contribution is 0.102. The van der Waals surface area contributed by atoms with Crippen molar-refractivity contribution in [3.63, 3.8) is 0 Å². The summed E-state index contributed by atoms with van der Waals surface area (Å²) in [6.45, 7) is 1.94. The van der Waals surface area contributed by atoms with Crippen molar-refractivity contribution in [2.24, 2.45) is 0 Å². The first-order valence-corrected chi connectivity index (χ1v) is 8.10. The highest BCUT2D eigenvalue weighted by atomic mass is 79.9. The van der Waals surface area contributed by atoms with Crippen LogP contribution in [-0.4, -0.2) is 20.9 Å². The zero-order valence-corrected chi connectivity index (χ0v) is 14.0. The van der Waals surface area contributed by atoms with Crippen LogP contribution in [0.5, 0.6) is 0 Å². The molecule has 0 bridgehead atoms. The van der Waals surface area contributed by atoms with E-state index in [9.17, 15) is 4.79 Å². The van der Waals surface area contributed by atoms with E-state index in [0.29, 0.717) is 16.4 Å². The fraction of sp³-hybridized carbons (Fsp3) is 0.0667. The number of hydrogen-bond acceptors (Lipinski definition) is 5. The Balaban J connectivity index is 1.80. The summed E-state index contributed by atoms with van der Waals surface area (Å²) in [7, 11) is 0. The molecule has 3 rings (SSSR count). The lowest BCUT2D eigenvalue weighted by Gasteiger charge is -2.07. The summed E-state index contributed by atoms with van der Waals surface area (Å²) in [5, 5.41) is 5.25. The van der Waals surface area contributed by atoms with Crippen LogP contribution in [0.3, 0.4) is 0 Å². The van der Waals surface area contributed by atoms with Crippen LogP contribution < -0.4 is 5.32 Å². The number of carbonyl (C=O) groups is 1. The van der Waals surface area contributed by atoms with Crippen LogP contribution in [-0.2, 0) is 0 Å². The second kappa shape index (κ2) is 6.33. The van der Waals surface area contributed by atoms with E-state index in [-0.39, 0.29) is 5.91 Å². The van der Waals surface area contributed by atoms with Gasteiger partial charge in [-0.3, -0.25) is 14.8 Å². The number of nitrogens with zero attached hydrogens (tertiary/aromatic N) is 3. The van der Waals surface area contributed by atoms with Crippen LogP contribution in [0, 0.1) is 6.92 Å². The number of thiazole rings is 1. The van der Waals surface area contributed by atoms with Crippen LogP contribution in [0.4, 0.5) is 5.69 Å². The molecule has 0 aliphatic rings. The highest BCUT2D eigenvalue weighted by Crippen LogP contribution is 2.23. The number of benzene rings is 1. The predicted octanol–water partition coefficient (Wildman–Crippen LogP) is 3.92. The van der Waals surface area contributed by atoms with Crippen LogP contribution in [0.15, 0.2) is 46.6 Å². The molecule has 0 aliphatic carbocycles. The molecule has 0 fully saturated rings. The number of nitrogens with one attached hydrogen (secondary N) is 1. The van der Waals surface area contributed by atoms with Crippen LogP contribution >= 0.6 is 27.3 Å². The van der Waals surface area contributed by atoms with Crippen molar-refractivity contribution in [3.8, 4) is 10.7 Å². The molecule has 1 N–H and O–H groups in total. The first-order valence-electron chi connectivity index (χ1n) is 6.43. The Kier molecular flexibility index (Phi) is 4.26. The average molecular weight is 375 g/mol. The molecule has 0 atom stereocenters. The quantitative estimate of drug-likeness (QED) is 0.754. The van der Waals surface area contributed by atoms with E-state index < -0.39 is 0 Å². The third-order valence-electron chi connectivity index (χ3n) is 2.96. The Hall–Kier alpha value is -2.12. The van der Waals surface area contributed by atoms with Crippen LogP contribution in [0.2, 0.25) is 0 Å². The Labute approximate surface area is 139 Å². The number of anilines is 1. The van der Waals surface area contributed by atoms with Gasteiger partial charge < -0.3 is 5.32 Å². The maximum atomic E-state index is 12.3. The minimum Gasteiger partial charge on any atom is -0.320 e. The van der Waals surface area contributed by atoms with E-state index in [1.165, 1.54) is 11.3 Å². The highest BCUT2D eigenvalue weighted by molar-refractivity contribution is 9.10. The number of halogens is 1. The number of hydrogen-bond donors (Lipinski definition) is 1. The van der Waals surface area contributed by atoms with Gasteiger partial charge in [0.05, 0.1) is 6.20 Å². The van der Waals surface area contributed by atoms with Gasteiger partial charge in [0.15, 0.2) is 0 Å². The predicted molar refractivity (Wildman–Crippen MR) is 90.0 cm³/mol. The van der Waals surface area contributed by atoms with E-state index in [0.717, 1.165) is 15.7 Å². The van der Waals surface area contributed by atoms with Crippen molar-refractivity contribution in [2.45, 2.75) is 6.92 Å². The molecular formula is C15H11BrN4OS. The standard InChI is InChI=1S/C15H11BrN4OS/c1-9-6-10(16)2-3-11(9)19-14(21)13-8-22-15(20-13)12-7-17-4-5-18-12/h2-8H,1H3,(H,19,21). The maximum Gasteiger partial charge on any atom is 0.275 e. The molecule has 1 aromatic carbocycles. The molecule has 2 aromatic heterocycles. The monoisotopic (exact) mass is 374 g/mol. The van der Waals surface area contributed by atoms with Gasteiger partial charge in [0.1, 0.15) is 16.4 Å². The number of carbonyl (C=O) groups excluding carboxylic acids is 1. The number of rotatable bonds is 3. The van der Waals surface area contributed by atoms with Crippen LogP contribution in [0.25, 0.3) is 10.7 Å². The average Bonchev–Trinajstić information content (AvgIpc) is 3.01. The largest absolute Gasteiger partial charge is 0.320 e. The lowest BCUT2D eigenvalue weighted by Crippen LogP contribution is -2.13. The SMILES string of the molecule is Cc1cc(Br)ccc1NC(=O)c1csc(-c2cnccn2)n1. The molecule has 22 heavy (non-hydrogen) atoms. The second-order valence-electron chi connectivity index (χ2n) is 4.54. The molecule has 0 unspecified atom stereocenters. The molecule has 0 radical (unpaired) electrons. The van der Waals surface area contributed by atoms with Gasteiger partial charge in [0.2, 0.25) is 0 Å². The van der Waals surface area contributed by atoms with E-state index in [2.05, 4.69) is 36.2 Å². The molecule has 0 saturated heterocycles. The number of aryl methyl sites for hydroxylation is 1. The van der Waals surface area contributed by atoms with E-state index >= 15 is 0 Å². The fourth-order valence-electron chi connectivity index (χ4n) is 1.86. The Morgan fingerprint density at radius 1 is 1.32 bits per heavy atom. The van der Waals surface area contributed by atoms with Gasteiger partial charge in [-0.1, -0.05) is 15.9 Å². The van der Waals surface area contributed by atoms with Crippen molar-refractivity contribution in [2.75, 3.05) is 5.32 Å². The first-order chi connectivity index (χ1) is 10.6. The number of amides is 1. The molecule has 0 aliphatic heterocycles. The summed E-state index contributed by atoms with van der Waals surface area (Å²) in [5.74, 6) is -0.239. The summed E-state index contributed by atoms with van der Waals surface area (Å²) in [4.78, 5) is 24.8. The van der Waals surface area contributed by atoms with Crippen molar-refractivity contribution in [3.05, 3.63) is 57.9 Å². The molecule has 3 aromatic rings. The highest BCUT2D eigenvalue weighted by Gasteiger charge is 2.13. The third kappa shape index (κ3) is 3.20. The molecule has 0 saturated carbocycles. The topological polar surface area (TPSA) is 67.8 Å². The van der Waals surface area contributed by atoms with E-state index in [1.54, 1.807) is 24.0 Å². The van der Waals surface area contributed by atoms with Crippen molar-refractivity contribution in [1.82, 2.24) is 15.0 Å². The Morgan fingerprint density at radius 3 is 2.91 bits per heavy atom. The van der Waals surface area contributed by atoms with Gasteiger partial charge in [-0.15, -0.1) is 11.3 Å². The molecule has 1 amide bonds. The molecule has 2 heterocycles. The van der Waals surface area contributed by atoms with Gasteiger partial charge in [0, 0.05) is 27.9 Å². The Bertz CT molecular complexity index is 819. The van der Waals surface area contributed by atoms with E-state index in [1.807, 2.05) is 25.1 Å². The Morgan fingerprint density at radius 2 is 2.18 bits per heavy atom. The zero-order valence-electron chi connectivity index (χ0n) is 11.6. The summed E-state index contributed by atoms with van der Waals surface area (Å²) in [5.41, 5.74) is 2.77. The van der Waals surface area contributed by atoms with Gasteiger partial charge in [-0.25, -0.2) is 4.98 Å². The lowest BCUT2D eigenvalue weighted by atomic mass is 10.2. The summed E-state index contributed by atoms with van der Waals surface area (Å²) in [6.07, 6.45) is 4.82. The van der Waals surface area contributed by atoms with Gasteiger partial charge in [-0.05, 0) is 30.7 Å². The maximum absolute atomic E-state index is 12.3. The van der Waals surface area contributed by atoms with E-state index in [4.69, 9.17) is 0 Å². The normalized spacial score (nSPS) is 10.5. The molecule has 0 spiro atoms. The van der Waals surface area contributed by atoms with Gasteiger partial charge in [-0.2, -0.15) is 0 Å². The van der Waals surface area contributed by atoms with Crippen molar-refractivity contribution < 1.29 is 4.79 Å².